The Kier molecular flexibility index (Phi) is 11.3. The SMILES string of the molecule is CCCCCCCCCC(CCCOCC1CO1)OC. The lowest BCUT2D eigenvalue weighted by atomic mass is 10.0. The lowest BCUT2D eigenvalue weighted by Crippen LogP contribution is -2.12. The van der Waals surface area contributed by atoms with E-state index in [9.17, 15) is 0 Å². The number of hydrogen-bond acceptors (Lipinski definition) is 3. The molecule has 0 spiro atoms. The van der Waals surface area contributed by atoms with E-state index in [2.05, 4.69) is 6.92 Å². The van der Waals surface area contributed by atoms with E-state index >= 15 is 0 Å². The molecule has 1 fully saturated rings. The summed E-state index contributed by atoms with van der Waals surface area (Å²) in [6, 6.07) is 0. The highest BCUT2D eigenvalue weighted by Gasteiger charge is 2.22. The molecule has 3 nitrogen and oxygen atoms in total. The fourth-order valence-electron chi connectivity index (χ4n) is 2.50. The monoisotopic (exact) mass is 286 g/mol. The summed E-state index contributed by atoms with van der Waals surface area (Å²) in [6.45, 7) is 4.77. The van der Waals surface area contributed by atoms with Crippen molar-refractivity contribution in [3.8, 4) is 0 Å². The molecule has 0 bridgehead atoms. The summed E-state index contributed by atoms with van der Waals surface area (Å²) >= 11 is 0. The number of unbranched alkanes of at least 4 members (excludes halogenated alkanes) is 6. The third-order valence-corrected chi connectivity index (χ3v) is 3.98. The lowest BCUT2D eigenvalue weighted by Gasteiger charge is -2.15. The van der Waals surface area contributed by atoms with Crippen molar-refractivity contribution < 1.29 is 14.2 Å². The molecule has 2 atom stereocenters. The molecule has 120 valence electrons. The van der Waals surface area contributed by atoms with E-state index in [0.29, 0.717) is 12.2 Å². The molecule has 1 aliphatic heterocycles. The average Bonchev–Trinajstić information content (AvgIpc) is 3.28. The number of methoxy groups -OCH3 is 1. The molecule has 0 saturated carbocycles. The Labute approximate surface area is 125 Å². The zero-order chi connectivity index (χ0) is 14.5. The van der Waals surface area contributed by atoms with Gasteiger partial charge in [0.15, 0.2) is 0 Å². The molecular formula is C17H34O3. The Morgan fingerprint density at radius 2 is 1.65 bits per heavy atom. The van der Waals surface area contributed by atoms with Gasteiger partial charge in [-0.15, -0.1) is 0 Å². The molecule has 1 heterocycles. The molecular weight excluding hydrogens is 252 g/mol. The highest BCUT2D eigenvalue weighted by molar-refractivity contribution is 4.67. The van der Waals surface area contributed by atoms with Crippen LogP contribution in [0.1, 0.15) is 71.1 Å². The molecule has 0 N–H and O–H groups in total. The smallest absolute Gasteiger partial charge is 0.104 e. The first-order chi connectivity index (χ1) is 9.86. The summed E-state index contributed by atoms with van der Waals surface area (Å²) in [7, 11) is 1.84. The second-order valence-electron chi connectivity index (χ2n) is 5.94. The topological polar surface area (TPSA) is 31.0 Å². The number of hydrogen-bond donors (Lipinski definition) is 0. The van der Waals surface area contributed by atoms with Gasteiger partial charge in [-0.25, -0.2) is 0 Å². The van der Waals surface area contributed by atoms with Crippen LogP contribution < -0.4 is 0 Å². The van der Waals surface area contributed by atoms with E-state index in [1.165, 1.54) is 51.4 Å². The van der Waals surface area contributed by atoms with Gasteiger partial charge in [0.25, 0.3) is 0 Å². The molecule has 0 radical (unpaired) electrons. The molecule has 0 amide bonds. The van der Waals surface area contributed by atoms with Gasteiger partial charge >= 0.3 is 0 Å². The van der Waals surface area contributed by atoms with Crippen LogP contribution in [0.25, 0.3) is 0 Å². The van der Waals surface area contributed by atoms with E-state index in [1.807, 2.05) is 7.11 Å². The highest BCUT2D eigenvalue weighted by atomic mass is 16.6. The van der Waals surface area contributed by atoms with Crippen molar-refractivity contribution in [2.24, 2.45) is 0 Å². The number of ether oxygens (including phenoxy) is 3. The van der Waals surface area contributed by atoms with Crippen LogP contribution in [-0.4, -0.2) is 39.1 Å². The number of epoxide rings is 1. The van der Waals surface area contributed by atoms with Crippen molar-refractivity contribution in [3.05, 3.63) is 0 Å². The molecule has 1 saturated heterocycles. The Bertz CT molecular complexity index is 204. The van der Waals surface area contributed by atoms with Gasteiger partial charge in [-0.3, -0.25) is 0 Å². The fourth-order valence-corrected chi connectivity index (χ4v) is 2.50. The Balaban J connectivity index is 1.82. The molecule has 3 heteroatoms. The minimum Gasteiger partial charge on any atom is -0.381 e. The zero-order valence-corrected chi connectivity index (χ0v) is 13.6. The average molecular weight is 286 g/mol. The zero-order valence-electron chi connectivity index (χ0n) is 13.6. The van der Waals surface area contributed by atoms with Gasteiger partial charge in [-0.05, 0) is 19.3 Å². The molecule has 1 rings (SSSR count). The molecule has 1 aliphatic rings. The normalized spacial score (nSPS) is 19.2. The van der Waals surface area contributed by atoms with E-state index < -0.39 is 0 Å². The van der Waals surface area contributed by atoms with Crippen molar-refractivity contribution in [2.75, 3.05) is 26.9 Å². The van der Waals surface area contributed by atoms with Crippen molar-refractivity contribution in [2.45, 2.75) is 83.3 Å². The van der Waals surface area contributed by atoms with Gasteiger partial charge in [-0.2, -0.15) is 0 Å². The van der Waals surface area contributed by atoms with Gasteiger partial charge in [0.2, 0.25) is 0 Å². The lowest BCUT2D eigenvalue weighted by molar-refractivity contribution is 0.0645. The maximum absolute atomic E-state index is 5.56. The van der Waals surface area contributed by atoms with Crippen molar-refractivity contribution >= 4 is 0 Å². The minimum absolute atomic E-state index is 0.390. The summed E-state index contributed by atoms with van der Waals surface area (Å²) in [5.41, 5.74) is 0. The first-order valence-electron chi connectivity index (χ1n) is 8.59. The first kappa shape index (κ1) is 17.9. The Morgan fingerprint density at radius 3 is 2.30 bits per heavy atom. The van der Waals surface area contributed by atoms with Crippen LogP contribution in [0.15, 0.2) is 0 Å². The van der Waals surface area contributed by atoms with Crippen LogP contribution in [0.5, 0.6) is 0 Å². The maximum atomic E-state index is 5.56. The first-order valence-corrected chi connectivity index (χ1v) is 8.59. The van der Waals surface area contributed by atoms with Crippen molar-refractivity contribution in [3.63, 3.8) is 0 Å². The predicted molar refractivity (Wildman–Crippen MR) is 83.2 cm³/mol. The molecule has 0 aromatic carbocycles. The second-order valence-corrected chi connectivity index (χ2v) is 5.94. The molecule has 0 aromatic rings. The second kappa shape index (κ2) is 12.6. The summed E-state index contributed by atoms with van der Waals surface area (Å²) in [4.78, 5) is 0. The third kappa shape index (κ3) is 10.6. The summed E-state index contributed by atoms with van der Waals surface area (Å²) in [5, 5.41) is 0. The van der Waals surface area contributed by atoms with Crippen LogP contribution in [0.3, 0.4) is 0 Å². The summed E-state index contributed by atoms with van der Waals surface area (Å²) in [6.07, 6.45) is 13.8. The highest BCUT2D eigenvalue weighted by Crippen LogP contribution is 2.14. The van der Waals surface area contributed by atoms with E-state index in [-0.39, 0.29) is 0 Å². The van der Waals surface area contributed by atoms with Crippen LogP contribution in [-0.2, 0) is 14.2 Å². The van der Waals surface area contributed by atoms with Gasteiger partial charge in [0, 0.05) is 13.7 Å². The number of rotatable bonds is 15. The van der Waals surface area contributed by atoms with E-state index in [4.69, 9.17) is 14.2 Å². The molecule has 0 aromatic heterocycles. The predicted octanol–water partition coefficient (Wildman–Crippen LogP) is 4.34. The van der Waals surface area contributed by atoms with E-state index in [1.54, 1.807) is 0 Å². The van der Waals surface area contributed by atoms with Crippen molar-refractivity contribution in [1.82, 2.24) is 0 Å². The fraction of sp³-hybridized carbons (Fsp3) is 1.00. The Morgan fingerprint density at radius 1 is 1.00 bits per heavy atom. The Hall–Kier alpha value is -0.120. The quantitative estimate of drug-likeness (QED) is 0.331. The minimum atomic E-state index is 0.390. The maximum Gasteiger partial charge on any atom is 0.104 e. The third-order valence-electron chi connectivity index (χ3n) is 3.98. The molecule has 2 unspecified atom stereocenters. The van der Waals surface area contributed by atoms with Crippen LogP contribution >= 0.6 is 0 Å². The van der Waals surface area contributed by atoms with Gasteiger partial charge in [0.05, 0.1) is 19.3 Å². The van der Waals surface area contributed by atoms with Crippen molar-refractivity contribution in [1.29, 1.82) is 0 Å². The van der Waals surface area contributed by atoms with Crippen LogP contribution in [0, 0.1) is 0 Å². The van der Waals surface area contributed by atoms with Gasteiger partial charge in [-0.1, -0.05) is 51.9 Å². The molecule has 20 heavy (non-hydrogen) atoms. The van der Waals surface area contributed by atoms with Gasteiger partial charge in [0.1, 0.15) is 6.10 Å². The van der Waals surface area contributed by atoms with Crippen LogP contribution in [0.2, 0.25) is 0 Å². The summed E-state index contributed by atoms with van der Waals surface area (Å²) < 4.78 is 16.2. The largest absolute Gasteiger partial charge is 0.381 e. The molecule has 0 aliphatic carbocycles. The van der Waals surface area contributed by atoms with Crippen LogP contribution in [0.4, 0.5) is 0 Å². The van der Waals surface area contributed by atoms with E-state index in [0.717, 1.165) is 32.7 Å². The summed E-state index contributed by atoms with van der Waals surface area (Å²) in [5.74, 6) is 0. The van der Waals surface area contributed by atoms with Gasteiger partial charge < -0.3 is 14.2 Å². The standard InChI is InChI=1S/C17H34O3/c1-3-4-5-6-7-8-9-11-16(18-2)12-10-13-19-14-17-15-20-17/h16-17H,3-15H2,1-2H3.